The minimum absolute atomic E-state index is 0.136. The van der Waals surface area contributed by atoms with Crippen LogP contribution in [0, 0.1) is 0 Å². The summed E-state index contributed by atoms with van der Waals surface area (Å²) in [6.45, 7) is -2.74. The Kier molecular flexibility index (Phi) is 9.05. The summed E-state index contributed by atoms with van der Waals surface area (Å²) in [4.78, 5) is 0. The van der Waals surface area contributed by atoms with Crippen LogP contribution < -0.4 is 9.05 Å². The van der Waals surface area contributed by atoms with Crippen LogP contribution in [0.15, 0.2) is 35.4 Å². The van der Waals surface area contributed by atoms with Crippen molar-refractivity contribution in [3.63, 3.8) is 0 Å². The van der Waals surface area contributed by atoms with E-state index in [0.717, 1.165) is 10.1 Å². The largest absolute Gasteiger partial charge is 0.569 e. The van der Waals surface area contributed by atoms with Gasteiger partial charge in [-0.25, -0.2) is 0 Å². The van der Waals surface area contributed by atoms with Gasteiger partial charge >= 0.3 is 16.1 Å². The van der Waals surface area contributed by atoms with E-state index >= 15 is 0 Å². The number of hydrogen-bond donors (Lipinski definition) is 0. The third-order valence-corrected chi connectivity index (χ3v) is 10.9. The van der Waals surface area contributed by atoms with Crippen molar-refractivity contribution in [2.24, 2.45) is 5.10 Å². The zero-order valence-corrected chi connectivity index (χ0v) is 24.2. The maximum absolute atomic E-state index is 6.31. The highest BCUT2D eigenvalue weighted by Crippen LogP contribution is 2.75. The molecule has 0 aromatic heterocycles. The van der Waals surface area contributed by atoms with Gasteiger partial charge in [-0.05, 0) is 6.26 Å². The Bertz CT molecular complexity index is 1040. The summed E-state index contributed by atoms with van der Waals surface area (Å²) >= 11 is 27.8. The van der Waals surface area contributed by atoms with Crippen molar-refractivity contribution in [1.82, 2.24) is 0 Å². The number of nitrogens with zero attached hydrogens (tertiary/aromatic N) is 2. The smallest absolute Gasteiger partial charge is 0.391 e. The summed E-state index contributed by atoms with van der Waals surface area (Å²) in [5.74, 6) is 0.584. The summed E-state index contributed by atoms with van der Waals surface area (Å²) in [5, 5.41) is 5.25. The van der Waals surface area contributed by atoms with Crippen LogP contribution in [-0.4, -0.2) is 24.5 Å². The summed E-state index contributed by atoms with van der Waals surface area (Å²) in [5.41, 5.74) is 0.838. The van der Waals surface area contributed by atoms with E-state index in [1.165, 1.54) is 23.1 Å². The van der Waals surface area contributed by atoms with E-state index in [9.17, 15) is 0 Å². The Labute approximate surface area is 220 Å². The molecule has 0 N–H and O–H groups in total. The minimum Gasteiger partial charge on any atom is -0.391 e. The van der Waals surface area contributed by atoms with Crippen LogP contribution in [0.4, 0.5) is 5.69 Å². The van der Waals surface area contributed by atoms with Crippen LogP contribution >= 0.6 is 116 Å². The summed E-state index contributed by atoms with van der Waals surface area (Å²) in [6.07, 6.45) is 1.94. The van der Waals surface area contributed by atoms with Crippen molar-refractivity contribution >= 4 is 136 Å². The Morgan fingerprint density at radius 1 is 0.900 bits per heavy atom. The van der Waals surface area contributed by atoms with Crippen molar-refractivity contribution in [3.05, 3.63) is 50.4 Å². The number of halogens is 8. The summed E-state index contributed by atoms with van der Waals surface area (Å²) in [6, 6.07) is 9.61. The zero-order chi connectivity index (χ0) is 22.3. The molecule has 16 heteroatoms. The molecule has 0 unspecified atom stereocenters. The van der Waals surface area contributed by atoms with E-state index in [1.807, 2.05) is 36.6 Å². The number of para-hydroxylation sites is 1. The van der Waals surface area contributed by atoms with Gasteiger partial charge in [-0.15, -0.1) is 0 Å². The normalized spacial score (nSPS) is 16.4. The number of rotatable bonds is 1. The van der Waals surface area contributed by atoms with Crippen molar-refractivity contribution in [2.75, 3.05) is 6.26 Å². The second-order valence-electron chi connectivity index (χ2n) is 5.35. The number of benzene rings is 2. The standard InChI is InChI=1S/C14H8Cl4N2O2PS2.Al.4ClH/c1-24-14-19-20(7-5-3-2-4-6-7)23(25-14)21-12-10(17)8(15)9(16)11(18)13(12)22-23;;;;;/h2-6H,1H3;;4*1H/q+1;+3;;;;/p-4. The van der Waals surface area contributed by atoms with E-state index in [1.54, 1.807) is 4.44 Å². The van der Waals surface area contributed by atoms with Crippen LogP contribution in [0.3, 0.4) is 0 Å². The molecule has 2 heterocycles. The maximum Gasteiger partial charge on any atom is 0.569 e. The SMILES string of the molecule is CSC1=N[N+](c2ccccc2)=P2(Oc3c(Cl)c(Cl)c(Cl)c(Cl)c3O2)S1.[Cl][Al-]([Cl])([Cl])[Cl]. The third kappa shape index (κ3) is 5.76. The number of thioether (sulfide) groups is 1. The molecule has 0 amide bonds. The number of hydrogen-bond acceptors (Lipinski definition) is 5. The van der Waals surface area contributed by atoms with Crippen molar-refractivity contribution in [2.45, 2.75) is 0 Å². The molecule has 1 spiro atoms. The Morgan fingerprint density at radius 3 is 1.80 bits per heavy atom. The molecule has 162 valence electrons. The van der Waals surface area contributed by atoms with Crippen LogP contribution in [-0.2, 0) is 0 Å². The van der Waals surface area contributed by atoms with E-state index in [2.05, 4.69) is 5.10 Å². The molecular weight excluding hydrogens is 634 g/mol. The first kappa shape index (κ1) is 26.1. The molecular formula is C14H8AlCl8N2O2PS2. The topological polar surface area (TPSA) is 33.8 Å². The molecule has 0 atom stereocenters. The van der Waals surface area contributed by atoms with Crippen LogP contribution in [0.25, 0.3) is 0 Å². The monoisotopic (exact) mass is 638 g/mol. The highest BCUT2D eigenvalue weighted by atomic mass is 35.9. The second kappa shape index (κ2) is 10.4. The third-order valence-electron chi connectivity index (χ3n) is 3.36. The molecule has 0 radical (unpaired) electrons. The van der Waals surface area contributed by atoms with Crippen molar-refractivity contribution < 1.29 is 13.5 Å². The van der Waals surface area contributed by atoms with Gasteiger partial charge in [-0.3, -0.25) is 0 Å². The fourth-order valence-electron chi connectivity index (χ4n) is 2.24. The molecule has 30 heavy (non-hydrogen) atoms. The van der Waals surface area contributed by atoms with Crippen LogP contribution in [0.2, 0.25) is 20.1 Å². The molecule has 4 rings (SSSR count). The van der Waals surface area contributed by atoms with Crippen molar-refractivity contribution in [3.8, 4) is 11.5 Å². The Balaban J connectivity index is 0.000000461. The van der Waals surface area contributed by atoms with Crippen LogP contribution in [0.5, 0.6) is 11.5 Å². The lowest BCUT2D eigenvalue weighted by Crippen LogP contribution is -1.99. The average molecular weight is 642 g/mol. The van der Waals surface area contributed by atoms with Gasteiger partial charge in [0.1, 0.15) is 10.0 Å². The molecule has 0 saturated heterocycles. The lowest BCUT2D eigenvalue weighted by atomic mass is 10.3. The van der Waals surface area contributed by atoms with E-state index in [4.69, 9.17) is 95.6 Å². The lowest BCUT2D eigenvalue weighted by Gasteiger charge is -2.06. The first-order chi connectivity index (χ1) is 14.0. The van der Waals surface area contributed by atoms with E-state index < -0.39 is 16.1 Å². The molecule has 0 saturated carbocycles. The lowest BCUT2D eigenvalue weighted by molar-refractivity contribution is -0.428. The van der Waals surface area contributed by atoms with Gasteiger partial charge < -0.3 is 49.2 Å². The van der Waals surface area contributed by atoms with Gasteiger partial charge in [-0.2, -0.15) is 0 Å². The van der Waals surface area contributed by atoms with Gasteiger partial charge in [0.2, 0.25) is 10.1 Å². The van der Waals surface area contributed by atoms with Gasteiger partial charge in [0.25, 0.3) is 0 Å². The average Bonchev–Trinajstić information content (AvgIpc) is 3.25. The van der Waals surface area contributed by atoms with Gasteiger partial charge in [-0.1, -0.05) is 76.4 Å². The van der Waals surface area contributed by atoms with Gasteiger partial charge in [0.15, 0.2) is 11.5 Å². The molecule has 2 aromatic rings. The first-order valence-corrected chi connectivity index (χ1v) is 20.4. The Hall–Kier alpha value is 1.49. The quantitative estimate of drug-likeness (QED) is 0.134. The number of fused-ring (bicyclic) bond motifs is 1. The summed E-state index contributed by atoms with van der Waals surface area (Å²) in [7, 11) is 17.0. The molecule has 2 aromatic carbocycles. The Morgan fingerprint density at radius 2 is 1.37 bits per heavy atom. The highest BCUT2D eigenvalue weighted by molar-refractivity contribution is 8.69. The zero-order valence-electron chi connectivity index (χ0n) is 14.5. The maximum atomic E-state index is 6.31. The van der Waals surface area contributed by atoms with E-state index in [-0.39, 0.29) is 20.1 Å². The molecule has 2 aliphatic rings. The van der Waals surface area contributed by atoms with Crippen molar-refractivity contribution in [1.29, 1.82) is 0 Å². The summed E-state index contributed by atoms with van der Waals surface area (Å²) < 4.78 is 14.9. The minimum atomic E-state index is -2.94. The molecule has 0 bridgehead atoms. The first-order valence-electron chi connectivity index (χ1n) is 7.66. The fraction of sp³-hybridized carbons (Fsp3) is 0.0714. The van der Waals surface area contributed by atoms with Gasteiger partial charge in [0, 0.05) is 21.7 Å². The molecule has 4 nitrogen and oxygen atoms in total. The molecule has 2 aliphatic heterocycles. The second-order valence-corrected chi connectivity index (χ2v) is 25.0. The fourth-order valence-corrected chi connectivity index (χ4v) is 9.43. The number of hydrazone groups is 1. The van der Waals surface area contributed by atoms with Gasteiger partial charge in [0.05, 0.1) is 21.4 Å². The molecule has 0 aliphatic carbocycles. The van der Waals surface area contributed by atoms with Crippen LogP contribution in [0.1, 0.15) is 0 Å². The predicted molar refractivity (Wildman–Crippen MR) is 139 cm³/mol. The highest BCUT2D eigenvalue weighted by Gasteiger charge is 2.55. The predicted octanol–water partition coefficient (Wildman–Crippen LogP) is 10.1. The van der Waals surface area contributed by atoms with E-state index in [0.29, 0.717) is 11.5 Å². The molecule has 0 fully saturated rings.